The second-order valence-corrected chi connectivity index (χ2v) is 6.65. The summed E-state index contributed by atoms with van der Waals surface area (Å²) in [5.41, 5.74) is 13.0. The van der Waals surface area contributed by atoms with Crippen molar-refractivity contribution in [1.29, 1.82) is 0 Å². The van der Waals surface area contributed by atoms with Crippen LogP contribution in [0, 0.1) is 5.82 Å². The van der Waals surface area contributed by atoms with Crippen molar-refractivity contribution in [1.82, 2.24) is 5.32 Å². The molecule has 1 aliphatic heterocycles. The summed E-state index contributed by atoms with van der Waals surface area (Å²) in [6.07, 6.45) is 0.260. The minimum absolute atomic E-state index is 0.0231. The van der Waals surface area contributed by atoms with Crippen LogP contribution >= 0.6 is 0 Å². The van der Waals surface area contributed by atoms with E-state index in [0.717, 1.165) is 6.07 Å². The first kappa shape index (κ1) is 20.0. The number of nitrogens with two attached hydrogens (primary N) is 2. The Labute approximate surface area is 162 Å². The van der Waals surface area contributed by atoms with Gasteiger partial charge in [-0.25, -0.2) is 4.39 Å². The van der Waals surface area contributed by atoms with Gasteiger partial charge in [-0.3, -0.25) is 9.59 Å². The molecule has 1 atom stereocenters. The smallest absolute Gasteiger partial charge is 0.534 e. The molecule has 0 aliphatic carbocycles. The van der Waals surface area contributed by atoms with Gasteiger partial charge < -0.3 is 26.5 Å². The number of halogens is 1. The number of nitrogens with one attached hydrogen (secondary N) is 1. The Morgan fingerprint density at radius 2 is 2.07 bits per heavy atom. The minimum Gasteiger partial charge on any atom is -0.534 e. The Kier molecular flexibility index (Phi) is 5.78. The first-order chi connectivity index (χ1) is 13.3. The molecule has 7 nitrogen and oxygen atoms in total. The van der Waals surface area contributed by atoms with Crippen LogP contribution in [0.3, 0.4) is 0 Å². The molecule has 28 heavy (non-hydrogen) atoms. The summed E-state index contributed by atoms with van der Waals surface area (Å²) in [4.78, 5) is 24.3. The first-order valence-electron chi connectivity index (χ1n) is 8.85. The summed E-state index contributed by atoms with van der Waals surface area (Å²) in [6.45, 7) is 1.43. The monoisotopic (exact) mass is 385 g/mol. The standard InChI is InChI=1S/C19H21BFN3O4/c1-10(25)14-4-2-3-11-7-17(20(27)28-18(11)14)24-19(26)12-5-13(8-22)15(9-23)16(21)6-12/h2-6,17,27H,7-9,22-23H2,1H3,(H,24,26)/t17-/m0/s1. The zero-order chi connectivity index (χ0) is 20.4. The SMILES string of the molecule is CC(=O)c1cccc2c1OB(O)[C@@H](NC(=O)c1cc(F)c(CN)c(CN)c1)C2. The third-order valence-corrected chi connectivity index (χ3v) is 4.79. The summed E-state index contributed by atoms with van der Waals surface area (Å²) in [7, 11) is -1.35. The highest BCUT2D eigenvalue weighted by Gasteiger charge is 2.37. The van der Waals surface area contributed by atoms with Crippen molar-refractivity contribution in [2.75, 3.05) is 0 Å². The third-order valence-electron chi connectivity index (χ3n) is 4.79. The molecule has 2 aromatic rings. The van der Waals surface area contributed by atoms with Gasteiger partial charge in [0, 0.05) is 24.2 Å². The lowest BCUT2D eigenvalue weighted by atomic mass is 9.72. The largest absolute Gasteiger partial charge is 0.547 e. The molecule has 1 amide bonds. The fourth-order valence-corrected chi connectivity index (χ4v) is 3.31. The van der Waals surface area contributed by atoms with Gasteiger partial charge in [-0.2, -0.15) is 0 Å². The van der Waals surface area contributed by atoms with Crippen molar-refractivity contribution < 1.29 is 23.7 Å². The number of hydrogen-bond acceptors (Lipinski definition) is 6. The van der Waals surface area contributed by atoms with Crippen molar-refractivity contribution in [2.24, 2.45) is 11.5 Å². The third kappa shape index (κ3) is 3.77. The molecule has 9 heteroatoms. The van der Waals surface area contributed by atoms with E-state index in [0.29, 0.717) is 22.4 Å². The van der Waals surface area contributed by atoms with Crippen LogP contribution < -0.4 is 21.4 Å². The van der Waals surface area contributed by atoms with E-state index in [1.165, 1.54) is 13.0 Å². The van der Waals surface area contributed by atoms with Gasteiger partial charge in [0.1, 0.15) is 11.6 Å². The lowest BCUT2D eigenvalue weighted by Gasteiger charge is -2.29. The van der Waals surface area contributed by atoms with Gasteiger partial charge in [0.2, 0.25) is 0 Å². The van der Waals surface area contributed by atoms with Crippen molar-refractivity contribution in [3.05, 3.63) is 64.0 Å². The Morgan fingerprint density at radius 1 is 1.32 bits per heavy atom. The van der Waals surface area contributed by atoms with Crippen molar-refractivity contribution in [2.45, 2.75) is 32.4 Å². The topological polar surface area (TPSA) is 128 Å². The molecule has 0 bridgehead atoms. The molecule has 0 fully saturated rings. The molecule has 0 saturated carbocycles. The number of hydrogen-bond donors (Lipinski definition) is 4. The number of carbonyl (C=O) groups excluding carboxylic acids is 2. The molecular formula is C19H21BFN3O4. The Balaban J connectivity index is 1.83. The van der Waals surface area contributed by atoms with Crippen LogP contribution in [-0.2, 0) is 19.5 Å². The van der Waals surface area contributed by atoms with E-state index in [1.54, 1.807) is 18.2 Å². The number of para-hydroxylation sites is 1. The van der Waals surface area contributed by atoms with Crippen molar-refractivity contribution in [3.8, 4) is 5.75 Å². The molecule has 0 radical (unpaired) electrons. The Bertz CT molecular complexity index is 938. The van der Waals surface area contributed by atoms with Gasteiger partial charge in [0.05, 0.1) is 11.5 Å². The highest BCUT2D eigenvalue weighted by atomic mass is 19.1. The second kappa shape index (κ2) is 8.09. The summed E-state index contributed by atoms with van der Waals surface area (Å²) in [5.74, 6) is -1.81. The molecule has 0 spiro atoms. The maximum Gasteiger partial charge on any atom is 0.547 e. The lowest BCUT2D eigenvalue weighted by Crippen LogP contribution is -2.53. The number of rotatable bonds is 5. The quantitative estimate of drug-likeness (QED) is 0.443. The zero-order valence-corrected chi connectivity index (χ0v) is 15.4. The van der Waals surface area contributed by atoms with Gasteiger partial charge in [0.15, 0.2) is 5.78 Å². The van der Waals surface area contributed by atoms with E-state index in [1.807, 2.05) is 0 Å². The summed E-state index contributed by atoms with van der Waals surface area (Å²) < 4.78 is 19.7. The molecule has 6 N–H and O–H groups in total. The van der Waals surface area contributed by atoms with E-state index in [-0.39, 0.29) is 36.4 Å². The van der Waals surface area contributed by atoms with E-state index in [4.69, 9.17) is 16.1 Å². The van der Waals surface area contributed by atoms with Crippen molar-refractivity contribution >= 4 is 18.8 Å². The fourth-order valence-electron chi connectivity index (χ4n) is 3.31. The van der Waals surface area contributed by atoms with E-state index in [2.05, 4.69) is 5.32 Å². The maximum absolute atomic E-state index is 14.2. The van der Waals surface area contributed by atoms with Crippen LogP contribution in [0.15, 0.2) is 30.3 Å². The number of benzene rings is 2. The number of fused-ring (bicyclic) bond motifs is 1. The molecule has 0 aromatic heterocycles. The van der Waals surface area contributed by atoms with E-state index < -0.39 is 24.8 Å². The summed E-state index contributed by atoms with van der Waals surface area (Å²) >= 11 is 0. The van der Waals surface area contributed by atoms with Gasteiger partial charge in [0.25, 0.3) is 5.91 Å². The predicted molar refractivity (Wildman–Crippen MR) is 102 cm³/mol. The molecule has 2 aromatic carbocycles. The van der Waals surface area contributed by atoms with Crippen LogP contribution in [0.4, 0.5) is 4.39 Å². The summed E-state index contributed by atoms with van der Waals surface area (Å²) in [5, 5.41) is 12.9. The molecular weight excluding hydrogens is 364 g/mol. The van der Waals surface area contributed by atoms with Crippen LogP contribution in [0.25, 0.3) is 0 Å². The van der Waals surface area contributed by atoms with Crippen LogP contribution in [0.5, 0.6) is 5.75 Å². The first-order valence-corrected chi connectivity index (χ1v) is 8.85. The van der Waals surface area contributed by atoms with Crippen molar-refractivity contribution in [3.63, 3.8) is 0 Å². The highest BCUT2D eigenvalue weighted by molar-refractivity contribution is 6.47. The van der Waals surface area contributed by atoms with Crippen LogP contribution in [0.2, 0.25) is 0 Å². The lowest BCUT2D eigenvalue weighted by molar-refractivity contribution is 0.0938. The normalized spacial score (nSPS) is 15.6. The van der Waals surface area contributed by atoms with E-state index >= 15 is 0 Å². The average molecular weight is 385 g/mol. The number of amides is 1. The molecule has 1 heterocycles. The fraction of sp³-hybridized carbons (Fsp3) is 0.263. The molecule has 3 rings (SSSR count). The molecule has 1 aliphatic rings. The predicted octanol–water partition coefficient (Wildman–Crippen LogP) is 0.699. The molecule has 146 valence electrons. The van der Waals surface area contributed by atoms with Crippen LogP contribution in [0.1, 0.15) is 44.3 Å². The molecule has 0 saturated heterocycles. The van der Waals surface area contributed by atoms with Gasteiger partial charge in [-0.05, 0) is 42.7 Å². The molecule has 0 unspecified atom stereocenters. The van der Waals surface area contributed by atoms with Gasteiger partial charge in [-0.15, -0.1) is 0 Å². The Hall–Kier alpha value is -2.75. The Morgan fingerprint density at radius 3 is 2.71 bits per heavy atom. The zero-order valence-electron chi connectivity index (χ0n) is 15.4. The average Bonchev–Trinajstić information content (AvgIpc) is 2.67. The van der Waals surface area contributed by atoms with Gasteiger partial charge >= 0.3 is 7.12 Å². The number of Topliss-reactive ketones (excluding diaryl/α,β-unsaturated/α-hetero) is 1. The van der Waals surface area contributed by atoms with Crippen LogP contribution in [-0.4, -0.2) is 29.8 Å². The van der Waals surface area contributed by atoms with Gasteiger partial charge in [-0.1, -0.05) is 12.1 Å². The van der Waals surface area contributed by atoms with E-state index in [9.17, 15) is 19.0 Å². The number of ketones is 1. The minimum atomic E-state index is -1.35. The number of carbonyl (C=O) groups is 2. The summed E-state index contributed by atoms with van der Waals surface area (Å²) in [6, 6.07) is 7.66. The second-order valence-electron chi connectivity index (χ2n) is 6.65. The highest BCUT2D eigenvalue weighted by Crippen LogP contribution is 2.30. The maximum atomic E-state index is 14.2.